The maximum atomic E-state index is 14.5. The van der Waals surface area contributed by atoms with Gasteiger partial charge in [0.15, 0.2) is 0 Å². The molecule has 5 N–H and O–H groups in total. The minimum atomic E-state index is -1.67. The SMILES string of the molecule is NC1CCC(OC2NC=NCC2NC(O)C2=CCC(F)C(c3c(F)cccc3F)=N2)CC1. The Bertz CT molecular complexity index is 881. The van der Waals surface area contributed by atoms with Crippen LogP contribution >= 0.6 is 0 Å². The van der Waals surface area contributed by atoms with E-state index >= 15 is 0 Å². The van der Waals surface area contributed by atoms with Crippen LogP contribution in [0.4, 0.5) is 13.2 Å². The van der Waals surface area contributed by atoms with Crippen molar-refractivity contribution in [3.8, 4) is 0 Å². The van der Waals surface area contributed by atoms with Crippen LogP contribution in [-0.2, 0) is 4.74 Å². The molecule has 1 aliphatic carbocycles. The summed E-state index contributed by atoms with van der Waals surface area (Å²) in [6.45, 7) is 0.346. The van der Waals surface area contributed by atoms with Gasteiger partial charge in [-0.15, -0.1) is 0 Å². The average molecular weight is 451 g/mol. The predicted molar refractivity (Wildman–Crippen MR) is 115 cm³/mol. The van der Waals surface area contributed by atoms with Gasteiger partial charge in [-0.05, 0) is 37.8 Å². The maximum Gasteiger partial charge on any atom is 0.148 e. The van der Waals surface area contributed by atoms with Crippen LogP contribution in [0.25, 0.3) is 0 Å². The number of aliphatic hydroxyl groups excluding tert-OH is 1. The molecule has 32 heavy (non-hydrogen) atoms. The summed E-state index contributed by atoms with van der Waals surface area (Å²) < 4.78 is 49.0. The quantitative estimate of drug-likeness (QED) is 0.495. The van der Waals surface area contributed by atoms with E-state index in [1.54, 1.807) is 6.34 Å². The van der Waals surface area contributed by atoms with E-state index in [1.165, 1.54) is 12.1 Å². The lowest BCUT2D eigenvalue weighted by Gasteiger charge is -2.36. The van der Waals surface area contributed by atoms with E-state index in [0.29, 0.717) is 6.54 Å². The molecule has 1 saturated carbocycles. The second kappa shape index (κ2) is 10.1. The Labute approximate surface area is 184 Å². The second-order valence-electron chi connectivity index (χ2n) is 8.36. The number of alkyl halides is 1. The second-order valence-corrected chi connectivity index (χ2v) is 8.36. The molecule has 0 saturated heterocycles. The highest BCUT2D eigenvalue weighted by Crippen LogP contribution is 2.25. The van der Waals surface area contributed by atoms with Gasteiger partial charge < -0.3 is 20.9 Å². The fraction of sp³-hybridized carbons (Fsp3) is 0.545. The van der Waals surface area contributed by atoms with Gasteiger partial charge in [0.25, 0.3) is 0 Å². The van der Waals surface area contributed by atoms with Crippen LogP contribution in [0.5, 0.6) is 0 Å². The fourth-order valence-corrected chi connectivity index (χ4v) is 4.22. The number of nitrogens with two attached hydrogens (primary N) is 1. The molecule has 0 bridgehead atoms. The molecular formula is C22H28F3N5O2. The average Bonchev–Trinajstić information content (AvgIpc) is 2.77. The van der Waals surface area contributed by atoms with Gasteiger partial charge >= 0.3 is 0 Å². The zero-order valence-electron chi connectivity index (χ0n) is 17.6. The third-order valence-electron chi connectivity index (χ3n) is 6.01. The van der Waals surface area contributed by atoms with E-state index in [2.05, 4.69) is 20.6 Å². The number of hydrogen-bond donors (Lipinski definition) is 4. The van der Waals surface area contributed by atoms with Crippen molar-refractivity contribution in [3.63, 3.8) is 0 Å². The van der Waals surface area contributed by atoms with Gasteiger partial charge in [-0.1, -0.05) is 12.1 Å². The number of halogens is 3. The third kappa shape index (κ3) is 5.20. The zero-order chi connectivity index (χ0) is 22.7. The van der Waals surface area contributed by atoms with Gasteiger partial charge in [0.1, 0.15) is 30.3 Å². The molecule has 1 aromatic rings. The van der Waals surface area contributed by atoms with Gasteiger partial charge in [0, 0.05) is 12.5 Å². The molecule has 4 unspecified atom stereocenters. The Morgan fingerprint density at radius 1 is 1.19 bits per heavy atom. The first kappa shape index (κ1) is 22.9. The standard InChI is InChI=1S/C22H28F3N5O2/c23-14-2-1-3-15(24)19(14)20-16(25)8-9-17(29-20)21(31)30-18-10-27-11-28-22(18)32-13-6-4-12(26)5-7-13/h1-3,9,11-13,16,18,21-22,30-31H,4-8,10,26H2,(H,27,28). The van der Waals surface area contributed by atoms with E-state index in [9.17, 15) is 18.3 Å². The van der Waals surface area contributed by atoms with Crippen LogP contribution in [0.2, 0.25) is 0 Å². The van der Waals surface area contributed by atoms with Crippen LogP contribution in [0.15, 0.2) is 40.0 Å². The first-order valence-corrected chi connectivity index (χ1v) is 10.9. The summed E-state index contributed by atoms with van der Waals surface area (Å²) in [5, 5.41) is 16.8. The first-order chi connectivity index (χ1) is 15.4. The molecule has 7 nitrogen and oxygen atoms in total. The van der Waals surface area contributed by atoms with Crippen molar-refractivity contribution in [2.24, 2.45) is 15.7 Å². The lowest BCUT2D eigenvalue weighted by atomic mass is 9.93. The van der Waals surface area contributed by atoms with Crippen molar-refractivity contribution in [2.75, 3.05) is 6.54 Å². The Hall–Kier alpha value is -2.27. The number of allylic oxidation sites excluding steroid dienone is 1. The number of hydrogen-bond acceptors (Lipinski definition) is 7. The van der Waals surface area contributed by atoms with Gasteiger partial charge in [0.2, 0.25) is 0 Å². The number of nitrogens with one attached hydrogen (secondary N) is 2. The molecule has 1 fully saturated rings. The topological polar surface area (TPSA) is 104 Å². The van der Waals surface area contributed by atoms with Crippen LogP contribution in [0.3, 0.4) is 0 Å². The molecule has 0 aromatic heterocycles. The minimum Gasteiger partial charge on any atom is -0.373 e. The summed E-state index contributed by atoms with van der Waals surface area (Å²) in [6, 6.07) is 3.11. The summed E-state index contributed by atoms with van der Waals surface area (Å²) in [6.07, 6.45) is 2.99. The lowest BCUT2D eigenvalue weighted by molar-refractivity contribution is -0.0620. The van der Waals surface area contributed by atoms with Crippen molar-refractivity contribution in [3.05, 3.63) is 47.2 Å². The summed E-state index contributed by atoms with van der Waals surface area (Å²) in [4.78, 5) is 8.25. The molecule has 0 amide bonds. The highest BCUT2D eigenvalue weighted by Gasteiger charge is 2.32. The van der Waals surface area contributed by atoms with Crippen LogP contribution in [-0.4, -0.2) is 60.5 Å². The Balaban J connectivity index is 1.45. The zero-order valence-corrected chi connectivity index (χ0v) is 17.6. The van der Waals surface area contributed by atoms with Gasteiger partial charge in [0.05, 0.1) is 42.0 Å². The molecule has 2 aliphatic heterocycles. The monoisotopic (exact) mass is 451 g/mol. The molecule has 4 atom stereocenters. The molecule has 3 aliphatic rings. The minimum absolute atomic E-state index is 0.0510. The molecular weight excluding hydrogens is 423 g/mol. The predicted octanol–water partition coefficient (Wildman–Crippen LogP) is 1.90. The van der Waals surface area contributed by atoms with E-state index in [1.807, 2.05) is 0 Å². The number of nitrogens with zero attached hydrogens (tertiary/aromatic N) is 2. The summed E-state index contributed by atoms with van der Waals surface area (Å²) >= 11 is 0. The maximum absolute atomic E-state index is 14.5. The van der Waals surface area contributed by atoms with Crippen molar-refractivity contribution in [1.82, 2.24) is 10.6 Å². The van der Waals surface area contributed by atoms with E-state index in [-0.39, 0.29) is 30.0 Å². The normalized spacial score (nSPS) is 31.5. The van der Waals surface area contributed by atoms with Crippen LogP contribution in [0, 0.1) is 11.6 Å². The third-order valence-corrected chi connectivity index (χ3v) is 6.01. The summed E-state index contributed by atoms with van der Waals surface area (Å²) in [7, 11) is 0. The Morgan fingerprint density at radius 2 is 1.91 bits per heavy atom. The van der Waals surface area contributed by atoms with Crippen molar-refractivity contribution < 1.29 is 23.0 Å². The van der Waals surface area contributed by atoms with Gasteiger partial charge in [-0.2, -0.15) is 0 Å². The van der Waals surface area contributed by atoms with Crippen molar-refractivity contribution in [1.29, 1.82) is 0 Å². The van der Waals surface area contributed by atoms with E-state index < -0.39 is 41.9 Å². The highest BCUT2D eigenvalue weighted by atomic mass is 19.1. The molecule has 4 rings (SSSR count). The van der Waals surface area contributed by atoms with Crippen LogP contribution in [0.1, 0.15) is 37.7 Å². The van der Waals surface area contributed by atoms with Crippen molar-refractivity contribution in [2.45, 2.75) is 68.9 Å². The smallest absolute Gasteiger partial charge is 0.148 e. The molecule has 0 radical (unpaired) electrons. The van der Waals surface area contributed by atoms with E-state index in [0.717, 1.165) is 37.8 Å². The molecule has 0 spiro atoms. The highest BCUT2D eigenvalue weighted by molar-refractivity contribution is 6.05. The van der Waals surface area contributed by atoms with Crippen molar-refractivity contribution >= 4 is 12.1 Å². The molecule has 2 heterocycles. The summed E-state index contributed by atoms with van der Waals surface area (Å²) in [5.74, 6) is -1.80. The number of ether oxygens (including phenoxy) is 1. The van der Waals surface area contributed by atoms with Gasteiger partial charge in [-0.25, -0.2) is 13.2 Å². The Kier molecular flexibility index (Phi) is 7.24. The fourth-order valence-electron chi connectivity index (χ4n) is 4.22. The number of aliphatic hydroxyl groups is 1. The van der Waals surface area contributed by atoms with Gasteiger partial charge in [-0.3, -0.25) is 15.3 Å². The first-order valence-electron chi connectivity index (χ1n) is 10.9. The molecule has 1 aromatic carbocycles. The number of benzene rings is 1. The van der Waals surface area contributed by atoms with E-state index in [4.69, 9.17) is 10.5 Å². The Morgan fingerprint density at radius 3 is 2.62 bits per heavy atom. The number of rotatable bonds is 6. The van der Waals surface area contributed by atoms with Crippen LogP contribution < -0.4 is 16.4 Å². The molecule has 10 heteroatoms. The lowest BCUT2D eigenvalue weighted by Crippen LogP contribution is -2.57. The molecule has 174 valence electrons. The largest absolute Gasteiger partial charge is 0.373 e. The summed E-state index contributed by atoms with van der Waals surface area (Å²) in [5.41, 5.74) is 5.16. The number of aliphatic imine (C=N–C) groups is 2.